The first-order chi connectivity index (χ1) is 8.60. The Balaban J connectivity index is 0. The fraction of sp³-hybridized carbons (Fsp3) is 0.533. The molecule has 2 nitrogen and oxygen atoms in total. The highest BCUT2D eigenvalue weighted by atomic mass is 79.9. The molecule has 0 aliphatic carbocycles. The highest BCUT2D eigenvalue weighted by Crippen LogP contribution is 2.31. The number of hydrogen-bond acceptors (Lipinski definition) is 2. The van der Waals surface area contributed by atoms with Crippen LogP contribution < -0.4 is 4.74 Å². The molecule has 0 saturated carbocycles. The summed E-state index contributed by atoms with van der Waals surface area (Å²) in [4.78, 5) is 10.8. The lowest BCUT2D eigenvalue weighted by molar-refractivity contribution is 0.112. The number of aldehydes is 1. The maximum Gasteiger partial charge on any atom is 0.150 e. The predicted molar refractivity (Wildman–Crippen MR) is 82.9 cm³/mol. The number of rotatable bonds is 3. The van der Waals surface area contributed by atoms with Gasteiger partial charge >= 0.3 is 0 Å². The number of hydrogen-bond donors (Lipinski definition) is 0. The van der Waals surface area contributed by atoms with Crippen molar-refractivity contribution in [3.05, 3.63) is 27.7 Å². The second kappa shape index (κ2) is 11.3. The molecule has 0 radical (unpaired) electrons. The van der Waals surface area contributed by atoms with Crippen molar-refractivity contribution in [2.24, 2.45) is 0 Å². The predicted octanol–water partition coefficient (Wildman–Crippen LogP) is 5.45. The van der Waals surface area contributed by atoms with E-state index >= 15 is 0 Å². The van der Waals surface area contributed by atoms with Gasteiger partial charge in [0.05, 0.1) is 11.6 Å². The van der Waals surface area contributed by atoms with Gasteiger partial charge in [-0.1, -0.05) is 41.5 Å². The maximum atomic E-state index is 10.8. The number of benzene rings is 1. The Hall–Kier alpha value is -0.830. The van der Waals surface area contributed by atoms with Gasteiger partial charge in [0.15, 0.2) is 0 Å². The molecule has 0 atom stereocenters. The van der Waals surface area contributed by atoms with Crippen LogP contribution in [0.2, 0.25) is 0 Å². The van der Waals surface area contributed by atoms with E-state index in [1.807, 2.05) is 33.8 Å². The van der Waals surface area contributed by atoms with E-state index in [9.17, 15) is 4.79 Å². The monoisotopic (exact) mass is 316 g/mol. The van der Waals surface area contributed by atoms with Gasteiger partial charge in [-0.15, -0.1) is 0 Å². The molecule has 104 valence electrons. The minimum atomic E-state index is 0.317. The lowest BCUT2D eigenvalue weighted by Gasteiger charge is -2.12. The summed E-state index contributed by atoms with van der Waals surface area (Å²) >= 11 is 3.35. The summed E-state index contributed by atoms with van der Waals surface area (Å²) in [5.74, 6) is 1.08. The van der Waals surface area contributed by atoms with Crippen molar-refractivity contribution in [3.8, 4) is 5.75 Å². The summed E-state index contributed by atoms with van der Waals surface area (Å²) in [6.45, 7) is 12.1. The first-order valence-electron chi connectivity index (χ1n) is 6.42. The van der Waals surface area contributed by atoms with Gasteiger partial charge < -0.3 is 4.74 Å². The van der Waals surface area contributed by atoms with Crippen LogP contribution in [0.4, 0.5) is 0 Å². The first kappa shape index (κ1) is 19.5. The third-order valence-corrected chi connectivity index (χ3v) is 2.73. The van der Waals surface area contributed by atoms with Gasteiger partial charge in [-0.2, -0.15) is 0 Å². The van der Waals surface area contributed by atoms with Crippen LogP contribution in [-0.2, 0) is 0 Å². The normalized spacial score (nSPS) is 8.72. The first-order valence-corrected chi connectivity index (χ1v) is 7.22. The molecule has 0 unspecified atom stereocenters. The summed E-state index contributed by atoms with van der Waals surface area (Å²) in [7, 11) is 1.62. The van der Waals surface area contributed by atoms with Crippen LogP contribution in [0, 0.1) is 0 Å². The molecule has 0 aliphatic heterocycles. The highest BCUT2D eigenvalue weighted by molar-refractivity contribution is 9.10. The van der Waals surface area contributed by atoms with Crippen molar-refractivity contribution >= 4 is 22.2 Å². The van der Waals surface area contributed by atoms with Gasteiger partial charge in [0, 0.05) is 5.56 Å². The molecule has 0 N–H and O–H groups in total. The molecule has 0 aromatic heterocycles. The third kappa shape index (κ3) is 5.67. The standard InChI is InChI=1S/C11H13BrO2.2C2H6/c1-7(2)9-5-11(14-3)10(12)4-8(9)6-13;2*1-2/h4-7H,1-3H3;2*1-2H3. The molecule has 1 aromatic carbocycles. The molecule has 3 heteroatoms. The second-order valence-corrected chi connectivity index (χ2v) is 4.24. The van der Waals surface area contributed by atoms with Crippen molar-refractivity contribution < 1.29 is 9.53 Å². The molecule has 0 saturated heterocycles. The molecule has 1 rings (SSSR count). The summed E-state index contributed by atoms with van der Waals surface area (Å²) in [6, 6.07) is 3.69. The lowest BCUT2D eigenvalue weighted by atomic mass is 9.98. The van der Waals surface area contributed by atoms with Crippen LogP contribution in [0.3, 0.4) is 0 Å². The van der Waals surface area contributed by atoms with Crippen LogP contribution in [0.15, 0.2) is 16.6 Å². The lowest BCUT2D eigenvalue weighted by Crippen LogP contribution is -1.97. The summed E-state index contributed by atoms with van der Waals surface area (Å²) in [5, 5.41) is 0. The molecule has 1 aromatic rings. The number of carbonyl (C=O) groups excluding carboxylic acids is 1. The summed E-state index contributed by atoms with van der Waals surface area (Å²) in [6.07, 6.45) is 0.875. The SMILES string of the molecule is CC.CC.COc1cc(C(C)C)c(C=O)cc1Br. The molecule has 0 fully saturated rings. The van der Waals surface area contributed by atoms with E-state index in [1.54, 1.807) is 13.2 Å². The van der Waals surface area contributed by atoms with Gasteiger partial charge in [0.2, 0.25) is 0 Å². The van der Waals surface area contributed by atoms with Crippen molar-refractivity contribution in [1.29, 1.82) is 0 Å². The van der Waals surface area contributed by atoms with Crippen molar-refractivity contribution in [1.82, 2.24) is 0 Å². The zero-order valence-electron chi connectivity index (χ0n) is 12.5. The van der Waals surface area contributed by atoms with Gasteiger partial charge in [-0.3, -0.25) is 4.79 Å². The fourth-order valence-corrected chi connectivity index (χ4v) is 1.87. The number of halogens is 1. The molecule has 0 aliphatic rings. The van der Waals surface area contributed by atoms with Crippen LogP contribution in [0.1, 0.15) is 63.4 Å². The minimum absolute atomic E-state index is 0.317. The van der Waals surface area contributed by atoms with Crippen molar-refractivity contribution in [3.63, 3.8) is 0 Å². The Labute approximate surface area is 120 Å². The second-order valence-electron chi connectivity index (χ2n) is 3.39. The molecule has 0 amide bonds. The van der Waals surface area contributed by atoms with E-state index < -0.39 is 0 Å². The smallest absolute Gasteiger partial charge is 0.150 e. The quantitative estimate of drug-likeness (QED) is 0.693. The Morgan fingerprint density at radius 1 is 1.17 bits per heavy atom. The van der Waals surface area contributed by atoms with Crippen LogP contribution >= 0.6 is 15.9 Å². The zero-order valence-corrected chi connectivity index (χ0v) is 14.1. The third-order valence-electron chi connectivity index (χ3n) is 2.11. The van der Waals surface area contributed by atoms with Gasteiger partial charge in [0.25, 0.3) is 0 Å². The number of methoxy groups -OCH3 is 1. The summed E-state index contributed by atoms with van der Waals surface area (Å²) in [5.41, 5.74) is 1.73. The Morgan fingerprint density at radius 2 is 1.67 bits per heavy atom. The van der Waals surface area contributed by atoms with E-state index in [0.29, 0.717) is 11.5 Å². The maximum absolute atomic E-state index is 10.8. The minimum Gasteiger partial charge on any atom is -0.496 e. The van der Waals surface area contributed by atoms with Gasteiger partial charge in [-0.25, -0.2) is 0 Å². The molecule has 0 heterocycles. The highest BCUT2D eigenvalue weighted by Gasteiger charge is 2.10. The summed E-state index contributed by atoms with van der Waals surface area (Å²) < 4.78 is 5.98. The molecule has 18 heavy (non-hydrogen) atoms. The molecular weight excluding hydrogens is 292 g/mol. The topological polar surface area (TPSA) is 26.3 Å². The van der Waals surface area contributed by atoms with Crippen LogP contribution in [0.5, 0.6) is 5.75 Å². The van der Waals surface area contributed by atoms with Crippen LogP contribution in [0.25, 0.3) is 0 Å². The van der Waals surface area contributed by atoms with E-state index in [2.05, 4.69) is 29.8 Å². The fourth-order valence-electron chi connectivity index (χ4n) is 1.34. The Bertz CT molecular complexity index is 347. The Morgan fingerprint density at radius 3 is 2.00 bits per heavy atom. The average molecular weight is 317 g/mol. The van der Waals surface area contributed by atoms with Gasteiger partial charge in [0.1, 0.15) is 12.0 Å². The average Bonchev–Trinajstić information content (AvgIpc) is 2.42. The molecule has 0 spiro atoms. The van der Waals surface area contributed by atoms with Crippen LogP contribution in [-0.4, -0.2) is 13.4 Å². The van der Waals surface area contributed by atoms with Crippen molar-refractivity contribution in [2.45, 2.75) is 47.5 Å². The van der Waals surface area contributed by atoms with E-state index in [-0.39, 0.29) is 0 Å². The number of carbonyl (C=O) groups is 1. The number of ether oxygens (including phenoxy) is 1. The van der Waals surface area contributed by atoms with E-state index in [1.165, 1.54) is 0 Å². The van der Waals surface area contributed by atoms with E-state index in [4.69, 9.17) is 4.74 Å². The zero-order chi connectivity index (χ0) is 14.7. The molecule has 0 bridgehead atoms. The molecular formula is C15H25BrO2. The van der Waals surface area contributed by atoms with Gasteiger partial charge in [-0.05, 0) is 39.5 Å². The van der Waals surface area contributed by atoms with E-state index in [0.717, 1.165) is 22.1 Å². The Kier molecular flexibility index (Phi) is 12.2. The largest absolute Gasteiger partial charge is 0.496 e. The van der Waals surface area contributed by atoms with Crippen molar-refractivity contribution in [2.75, 3.05) is 7.11 Å².